The zero-order chi connectivity index (χ0) is 16.1. The molecule has 0 bridgehead atoms. The maximum Gasteiger partial charge on any atom is 0.232 e. The van der Waals surface area contributed by atoms with Crippen molar-refractivity contribution in [3.63, 3.8) is 0 Å². The van der Waals surface area contributed by atoms with Crippen LogP contribution >= 0.6 is 0 Å². The average molecular weight is 311 g/mol. The fraction of sp³-hybridized carbons (Fsp3) is 0.333. The Balaban J connectivity index is 1.79. The van der Waals surface area contributed by atoms with Gasteiger partial charge in [-0.05, 0) is 25.0 Å². The van der Waals surface area contributed by atoms with E-state index >= 15 is 0 Å². The van der Waals surface area contributed by atoms with Crippen LogP contribution in [0, 0.1) is 5.41 Å². The van der Waals surface area contributed by atoms with Crippen LogP contribution in [0.15, 0.2) is 48.7 Å². The number of nitrogens with one attached hydrogen (secondary N) is 1. The number of anilines is 1. The molecule has 0 atom stereocenters. The molecule has 0 unspecified atom stereocenters. The topological polar surface area (TPSA) is 77.2 Å². The number of carbonyl (C=O) groups is 1. The van der Waals surface area contributed by atoms with E-state index in [0.29, 0.717) is 32.6 Å². The molecule has 2 aromatic rings. The van der Waals surface area contributed by atoms with Gasteiger partial charge in [0.05, 0.1) is 11.1 Å². The fourth-order valence-electron chi connectivity index (χ4n) is 2.82. The number of hydrogen-bond acceptors (Lipinski definition) is 4. The Labute approximate surface area is 135 Å². The summed E-state index contributed by atoms with van der Waals surface area (Å²) in [5, 5.41) is 3.00. The first-order valence-electron chi connectivity index (χ1n) is 7.84. The van der Waals surface area contributed by atoms with E-state index in [4.69, 9.17) is 10.5 Å². The Morgan fingerprint density at radius 2 is 1.96 bits per heavy atom. The summed E-state index contributed by atoms with van der Waals surface area (Å²) in [5.74, 6) is -0.0338. The summed E-state index contributed by atoms with van der Waals surface area (Å²) < 4.78 is 5.36. The van der Waals surface area contributed by atoms with Crippen LogP contribution in [0.3, 0.4) is 0 Å². The van der Waals surface area contributed by atoms with Crippen LogP contribution in [0.2, 0.25) is 0 Å². The summed E-state index contributed by atoms with van der Waals surface area (Å²) in [4.78, 5) is 17.1. The lowest BCUT2D eigenvalue weighted by Gasteiger charge is -2.34. The maximum absolute atomic E-state index is 12.7. The summed E-state index contributed by atoms with van der Waals surface area (Å²) in [7, 11) is 0. The highest BCUT2D eigenvalue weighted by atomic mass is 16.5. The molecule has 3 rings (SSSR count). The van der Waals surface area contributed by atoms with Gasteiger partial charge in [-0.1, -0.05) is 30.3 Å². The van der Waals surface area contributed by atoms with Crippen molar-refractivity contribution in [3.8, 4) is 11.3 Å². The number of carbonyl (C=O) groups excluding carboxylic acids is 1. The third-order valence-electron chi connectivity index (χ3n) is 4.41. The van der Waals surface area contributed by atoms with Gasteiger partial charge in [0.2, 0.25) is 5.91 Å². The average Bonchev–Trinajstić information content (AvgIpc) is 2.63. The van der Waals surface area contributed by atoms with Crippen molar-refractivity contribution in [1.29, 1.82) is 0 Å². The highest BCUT2D eigenvalue weighted by Gasteiger charge is 2.38. The van der Waals surface area contributed by atoms with Gasteiger partial charge in [-0.25, -0.2) is 0 Å². The SMILES string of the molecule is NCC1(C(=O)Nc2ccnc(-c3ccccc3)c2)CCOCC1. The predicted octanol–water partition coefficient (Wildman–Crippen LogP) is 2.44. The zero-order valence-corrected chi connectivity index (χ0v) is 13.0. The van der Waals surface area contributed by atoms with Crippen LogP contribution in [0.4, 0.5) is 5.69 Å². The van der Waals surface area contributed by atoms with Crippen LogP contribution in [0.5, 0.6) is 0 Å². The van der Waals surface area contributed by atoms with Crippen molar-refractivity contribution in [2.45, 2.75) is 12.8 Å². The number of ether oxygens (including phenoxy) is 1. The molecule has 1 aromatic carbocycles. The molecule has 1 aliphatic rings. The number of rotatable bonds is 4. The summed E-state index contributed by atoms with van der Waals surface area (Å²) in [5.41, 5.74) is 7.94. The second-order valence-electron chi connectivity index (χ2n) is 5.85. The molecule has 1 fully saturated rings. The van der Waals surface area contributed by atoms with Crippen LogP contribution in [0.1, 0.15) is 12.8 Å². The molecule has 1 saturated heterocycles. The Kier molecular flexibility index (Phi) is 4.69. The Bertz CT molecular complexity index is 667. The van der Waals surface area contributed by atoms with Crippen LogP contribution in [-0.4, -0.2) is 30.6 Å². The molecule has 0 spiro atoms. The van der Waals surface area contributed by atoms with Crippen molar-refractivity contribution in [1.82, 2.24) is 4.98 Å². The number of pyridine rings is 1. The van der Waals surface area contributed by atoms with Crippen molar-refractivity contribution < 1.29 is 9.53 Å². The highest BCUT2D eigenvalue weighted by Crippen LogP contribution is 2.31. The summed E-state index contributed by atoms with van der Waals surface area (Å²) in [6, 6.07) is 13.6. The number of nitrogens with two attached hydrogens (primary N) is 1. The molecule has 1 amide bonds. The van der Waals surface area contributed by atoms with Gasteiger partial charge in [-0.3, -0.25) is 9.78 Å². The van der Waals surface area contributed by atoms with Gasteiger partial charge in [-0.2, -0.15) is 0 Å². The Morgan fingerprint density at radius 3 is 2.65 bits per heavy atom. The smallest absolute Gasteiger partial charge is 0.232 e. The molecule has 23 heavy (non-hydrogen) atoms. The first-order valence-corrected chi connectivity index (χ1v) is 7.84. The second kappa shape index (κ2) is 6.89. The summed E-state index contributed by atoms with van der Waals surface area (Å²) in [6.07, 6.45) is 3.02. The van der Waals surface area contributed by atoms with E-state index < -0.39 is 5.41 Å². The van der Waals surface area contributed by atoms with Gasteiger partial charge in [0.25, 0.3) is 0 Å². The molecule has 1 aromatic heterocycles. The predicted molar refractivity (Wildman–Crippen MR) is 89.8 cm³/mol. The minimum atomic E-state index is -0.533. The first-order chi connectivity index (χ1) is 11.2. The molecule has 120 valence electrons. The number of aromatic nitrogens is 1. The first kappa shape index (κ1) is 15.6. The molecule has 0 radical (unpaired) electrons. The van der Waals surface area contributed by atoms with E-state index in [-0.39, 0.29) is 5.91 Å². The Morgan fingerprint density at radius 1 is 1.22 bits per heavy atom. The molecule has 2 heterocycles. The van der Waals surface area contributed by atoms with Gasteiger partial charge < -0.3 is 15.8 Å². The number of nitrogens with zero attached hydrogens (tertiary/aromatic N) is 1. The lowest BCUT2D eigenvalue weighted by Crippen LogP contribution is -2.46. The van der Waals surface area contributed by atoms with Crippen LogP contribution < -0.4 is 11.1 Å². The van der Waals surface area contributed by atoms with Gasteiger partial charge in [0.1, 0.15) is 0 Å². The van der Waals surface area contributed by atoms with Gasteiger partial charge in [0, 0.05) is 37.2 Å². The van der Waals surface area contributed by atoms with Gasteiger partial charge >= 0.3 is 0 Å². The van der Waals surface area contributed by atoms with Crippen LogP contribution in [-0.2, 0) is 9.53 Å². The van der Waals surface area contributed by atoms with E-state index in [9.17, 15) is 4.79 Å². The number of hydrogen-bond donors (Lipinski definition) is 2. The lowest BCUT2D eigenvalue weighted by atomic mass is 9.79. The lowest BCUT2D eigenvalue weighted by molar-refractivity contribution is -0.130. The molecule has 1 aliphatic heterocycles. The minimum absolute atomic E-state index is 0.0338. The third-order valence-corrected chi connectivity index (χ3v) is 4.41. The molecular weight excluding hydrogens is 290 g/mol. The molecular formula is C18H21N3O2. The van der Waals surface area contributed by atoms with E-state index in [0.717, 1.165) is 16.9 Å². The van der Waals surface area contributed by atoms with E-state index in [1.54, 1.807) is 12.3 Å². The molecule has 3 N–H and O–H groups in total. The molecule has 5 heteroatoms. The number of amides is 1. The molecule has 0 saturated carbocycles. The van der Waals surface area contributed by atoms with E-state index in [1.807, 2.05) is 36.4 Å². The van der Waals surface area contributed by atoms with Crippen molar-refractivity contribution in [2.75, 3.05) is 25.1 Å². The van der Waals surface area contributed by atoms with Crippen LogP contribution in [0.25, 0.3) is 11.3 Å². The van der Waals surface area contributed by atoms with Crippen molar-refractivity contribution in [2.24, 2.45) is 11.1 Å². The summed E-state index contributed by atoms with van der Waals surface area (Å²) in [6.45, 7) is 1.49. The van der Waals surface area contributed by atoms with E-state index in [2.05, 4.69) is 10.3 Å². The maximum atomic E-state index is 12.7. The normalized spacial score (nSPS) is 16.7. The fourth-order valence-corrected chi connectivity index (χ4v) is 2.82. The quantitative estimate of drug-likeness (QED) is 0.909. The zero-order valence-electron chi connectivity index (χ0n) is 13.0. The number of benzene rings is 1. The molecule has 5 nitrogen and oxygen atoms in total. The largest absolute Gasteiger partial charge is 0.381 e. The van der Waals surface area contributed by atoms with E-state index in [1.165, 1.54) is 0 Å². The van der Waals surface area contributed by atoms with Crippen molar-refractivity contribution >= 4 is 11.6 Å². The second-order valence-corrected chi connectivity index (χ2v) is 5.85. The van der Waals surface area contributed by atoms with Crippen molar-refractivity contribution in [3.05, 3.63) is 48.7 Å². The summed E-state index contributed by atoms with van der Waals surface area (Å²) >= 11 is 0. The monoisotopic (exact) mass is 311 g/mol. The third kappa shape index (κ3) is 3.41. The van der Waals surface area contributed by atoms with Gasteiger partial charge in [0.15, 0.2) is 0 Å². The minimum Gasteiger partial charge on any atom is -0.381 e. The molecule has 0 aliphatic carbocycles. The standard InChI is InChI=1S/C18H21N3O2/c19-13-18(7-10-23-11-8-18)17(22)21-15-6-9-20-16(12-15)14-4-2-1-3-5-14/h1-6,9,12H,7-8,10-11,13,19H2,(H,20,21,22). The van der Waals surface area contributed by atoms with Gasteiger partial charge in [-0.15, -0.1) is 0 Å². The Hall–Kier alpha value is -2.24. The highest BCUT2D eigenvalue weighted by molar-refractivity contribution is 5.96.